The molecule has 0 aromatic heterocycles. The average molecular weight is 293 g/mol. The summed E-state index contributed by atoms with van der Waals surface area (Å²) in [5, 5.41) is 11.2. The number of nitro groups is 1. The Morgan fingerprint density at radius 3 is 2.76 bits per heavy atom. The van der Waals surface area contributed by atoms with Gasteiger partial charge in [0.05, 0.1) is 12.0 Å². The van der Waals surface area contributed by atoms with Gasteiger partial charge in [0.15, 0.2) is 0 Å². The van der Waals surface area contributed by atoms with E-state index >= 15 is 0 Å². The number of hydrogen-bond donors (Lipinski definition) is 1. The van der Waals surface area contributed by atoms with Crippen LogP contribution in [-0.2, 0) is 9.53 Å². The molecule has 1 fully saturated rings. The van der Waals surface area contributed by atoms with E-state index in [-0.39, 0.29) is 16.9 Å². The van der Waals surface area contributed by atoms with Crippen molar-refractivity contribution in [2.45, 2.75) is 18.9 Å². The van der Waals surface area contributed by atoms with Crippen LogP contribution < -0.4 is 10.6 Å². The van der Waals surface area contributed by atoms with Crippen LogP contribution in [0.1, 0.15) is 23.2 Å². The lowest BCUT2D eigenvalue weighted by molar-refractivity contribution is -0.384. The zero-order valence-corrected chi connectivity index (χ0v) is 11.4. The number of rotatable bonds is 4. The lowest BCUT2D eigenvalue weighted by Gasteiger charge is -2.24. The topological polar surface area (TPSA) is 116 Å². The largest absolute Gasteiger partial charge is 0.467 e. The third-order valence-electron chi connectivity index (χ3n) is 3.49. The Morgan fingerprint density at radius 1 is 1.48 bits per heavy atom. The van der Waals surface area contributed by atoms with Gasteiger partial charge in [0.2, 0.25) is 5.91 Å². The molecule has 1 unspecified atom stereocenters. The lowest BCUT2D eigenvalue weighted by atomic mass is 10.1. The van der Waals surface area contributed by atoms with Gasteiger partial charge in [-0.2, -0.15) is 0 Å². The SMILES string of the molecule is COC(=O)C1CCCN1c1cc(C(N)=O)ccc1[N+](=O)[O-]. The van der Waals surface area contributed by atoms with Gasteiger partial charge in [-0.05, 0) is 25.0 Å². The minimum atomic E-state index is -0.681. The Morgan fingerprint density at radius 2 is 2.19 bits per heavy atom. The van der Waals surface area contributed by atoms with Crippen LogP contribution in [0, 0.1) is 10.1 Å². The van der Waals surface area contributed by atoms with Crippen LogP contribution in [0.2, 0.25) is 0 Å². The highest BCUT2D eigenvalue weighted by molar-refractivity contribution is 5.95. The minimum absolute atomic E-state index is 0.158. The predicted molar refractivity (Wildman–Crippen MR) is 74.0 cm³/mol. The summed E-state index contributed by atoms with van der Waals surface area (Å²) in [6, 6.07) is 3.29. The first-order valence-corrected chi connectivity index (χ1v) is 6.38. The number of nitrogens with two attached hydrogens (primary N) is 1. The summed E-state index contributed by atoms with van der Waals surface area (Å²) in [6.45, 7) is 0.475. The molecule has 1 atom stereocenters. The van der Waals surface area contributed by atoms with Crippen molar-refractivity contribution >= 4 is 23.3 Å². The number of hydrogen-bond acceptors (Lipinski definition) is 6. The van der Waals surface area contributed by atoms with Crippen molar-refractivity contribution in [2.24, 2.45) is 5.73 Å². The van der Waals surface area contributed by atoms with Gasteiger partial charge in [-0.1, -0.05) is 0 Å². The molecule has 0 spiro atoms. The second-order valence-corrected chi connectivity index (χ2v) is 4.70. The van der Waals surface area contributed by atoms with Crippen molar-refractivity contribution in [1.82, 2.24) is 0 Å². The molecule has 1 aliphatic heterocycles. The Hall–Kier alpha value is -2.64. The summed E-state index contributed by atoms with van der Waals surface area (Å²) in [5.74, 6) is -1.13. The van der Waals surface area contributed by atoms with Crippen LogP contribution in [0.4, 0.5) is 11.4 Å². The fourth-order valence-electron chi connectivity index (χ4n) is 2.50. The molecule has 1 heterocycles. The summed E-state index contributed by atoms with van der Waals surface area (Å²) in [5.41, 5.74) is 5.41. The van der Waals surface area contributed by atoms with Crippen molar-refractivity contribution in [2.75, 3.05) is 18.6 Å². The van der Waals surface area contributed by atoms with E-state index in [1.807, 2.05) is 0 Å². The van der Waals surface area contributed by atoms with Crippen LogP contribution >= 0.6 is 0 Å². The molecular weight excluding hydrogens is 278 g/mol. The molecule has 0 bridgehead atoms. The molecule has 1 aromatic carbocycles. The van der Waals surface area contributed by atoms with Crippen molar-refractivity contribution in [1.29, 1.82) is 0 Å². The van der Waals surface area contributed by atoms with E-state index in [4.69, 9.17) is 10.5 Å². The van der Waals surface area contributed by atoms with Crippen LogP contribution in [-0.4, -0.2) is 36.5 Å². The fourth-order valence-corrected chi connectivity index (χ4v) is 2.50. The zero-order chi connectivity index (χ0) is 15.6. The zero-order valence-electron chi connectivity index (χ0n) is 11.4. The van der Waals surface area contributed by atoms with Gasteiger partial charge in [0.25, 0.3) is 5.69 Å². The van der Waals surface area contributed by atoms with Gasteiger partial charge in [-0.15, -0.1) is 0 Å². The summed E-state index contributed by atoms with van der Waals surface area (Å²) in [6.07, 6.45) is 1.25. The summed E-state index contributed by atoms with van der Waals surface area (Å²) in [7, 11) is 1.27. The van der Waals surface area contributed by atoms with E-state index in [0.717, 1.165) is 0 Å². The molecule has 21 heavy (non-hydrogen) atoms. The number of nitro benzene ring substituents is 1. The maximum Gasteiger partial charge on any atom is 0.328 e. The van der Waals surface area contributed by atoms with Gasteiger partial charge >= 0.3 is 5.97 Å². The van der Waals surface area contributed by atoms with Gasteiger partial charge < -0.3 is 15.4 Å². The Labute approximate surface area is 120 Å². The number of amides is 1. The van der Waals surface area contributed by atoms with Crippen LogP contribution in [0.3, 0.4) is 0 Å². The smallest absolute Gasteiger partial charge is 0.328 e. The van der Waals surface area contributed by atoms with E-state index in [0.29, 0.717) is 19.4 Å². The molecule has 1 saturated heterocycles. The van der Waals surface area contributed by atoms with E-state index in [1.54, 1.807) is 4.90 Å². The maximum atomic E-state index is 11.8. The quantitative estimate of drug-likeness (QED) is 0.499. The maximum absolute atomic E-state index is 11.8. The number of anilines is 1. The minimum Gasteiger partial charge on any atom is -0.467 e. The number of benzene rings is 1. The molecule has 1 amide bonds. The highest BCUT2D eigenvalue weighted by Gasteiger charge is 2.35. The van der Waals surface area contributed by atoms with E-state index in [1.165, 1.54) is 25.3 Å². The van der Waals surface area contributed by atoms with Gasteiger partial charge in [-0.25, -0.2) is 4.79 Å². The molecule has 8 nitrogen and oxygen atoms in total. The second-order valence-electron chi connectivity index (χ2n) is 4.70. The predicted octanol–water partition coefficient (Wildman–Crippen LogP) is 0.836. The molecule has 0 radical (unpaired) electrons. The molecule has 2 N–H and O–H groups in total. The summed E-state index contributed by atoms with van der Waals surface area (Å²) < 4.78 is 4.72. The number of carbonyl (C=O) groups excluding carboxylic acids is 2. The van der Waals surface area contributed by atoms with Crippen LogP contribution in [0.15, 0.2) is 18.2 Å². The first kappa shape index (κ1) is 14.8. The average Bonchev–Trinajstić information content (AvgIpc) is 2.94. The summed E-state index contributed by atoms with van der Waals surface area (Å²) in [4.78, 5) is 35.2. The van der Waals surface area contributed by atoms with E-state index in [2.05, 4.69) is 0 Å². The summed E-state index contributed by atoms with van der Waals surface area (Å²) >= 11 is 0. The highest BCUT2D eigenvalue weighted by Crippen LogP contribution is 2.34. The number of methoxy groups -OCH3 is 1. The van der Waals surface area contributed by atoms with Gasteiger partial charge in [-0.3, -0.25) is 14.9 Å². The second kappa shape index (κ2) is 5.78. The van der Waals surface area contributed by atoms with Gasteiger partial charge in [0.1, 0.15) is 11.7 Å². The highest BCUT2D eigenvalue weighted by atomic mass is 16.6. The molecule has 2 rings (SSSR count). The number of ether oxygens (including phenoxy) is 1. The standard InChI is InChI=1S/C13H15N3O5/c1-21-13(18)10-3-2-6-15(10)11-7-8(12(14)17)4-5-9(11)16(19)20/h4-5,7,10H,2-3,6H2,1H3,(H2,14,17). The normalized spacial score (nSPS) is 17.6. The fraction of sp³-hybridized carbons (Fsp3) is 0.385. The molecule has 0 aliphatic carbocycles. The third kappa shape index (κ3) is 2.78. The van der Waals surface area contributed by atoms with E-state index in [9.17, 15) is 19.7 Å². The Kier molecular flexibility index (Phi) is 4.06. The molecule has 112 valence electrons. The Balaban J connectivity index is 2.49. The first-order valence-electron chi connectivity index (χ1n) is 6.38. The van der Waals surface area contributed by atoms with Crippen molar-refractivity contribution in [3.63, 3.8) is 0 Å². The number of carbonyl (C=O) groups is 2. The molecule has 8 heteroatoms. The number of esters is 1. The van der Waals surface area contributed by atoms with Crippen LogP contribution in [0.25, 0.3) is 0 Å². The van der Waals surface area contributed by atoms with Crippen molar-refractivity contribution in [3.8, 4) is 0 Å². The number of nitrogens with zero attached hydrogens (tertiary/aromatic N) is 2. The Bertz CT molecular complexity index is 601. The molecule has 1 aliphatic rings. The first-order chi connectivity index (χ1) is 9.95. The third-order valence-corrected chi connectivity index (χ3v) is 3.49. The van der Waals surface area contributed by atoms with Crippen LogP contribution in [0.5, 0.6) is 0 Å². The molecule has 1 aromatic rings. The van der Waals surface area contributed by atoms with Crippen molar-refractivity contribution < 1.29 is 19.2 Å². The monoisotopic (exact) mass is 293 g/mol. The number of primary amides is 1. The van der Waals surface area contributed by atoms with E-state index < -0.39 is 22.8 Å². The molecule has 0 saturated carbocycles. The van der Waals surface area contributed by atoms with Crippen molar-refractivity contribution in [3.05, 3.63) is 33.9 Å². The molecular formula is C13H15N3O5. The lowest BCUT2D eigenvalue weighted by Crippen LogP contribution is -2.37. The van der Waals surface area contributed by atoms with Gasteiger partial charge in [0, 0.05) is 18.2 Å².